The van der Waals surface area contributed by atoms with Crippen molar-refractivity contribution in [3.63, 3.8) is 0 Å². The van der Waals surface area contributed by atoms with E-state index in [1.807, 2.05) is 13.8 Å². The highest BCUT2D eigenvalue weighted by atomic mass is 16.4. The van der Waals surface area contributed by atoms with E-state index in [1.165, 1.54) is 6.92 Å². The van der Waals surface area contributed by atoms with Crippen molar-refractivity contribution in [1.82, 2.24) is 10.6 Å². The van der Waals surface area contributed by atoms with E-state index in [4.69, 9.17) is 5.11 Å². The standard InChI is InChI=1S/C11H22N2O3/c1-5-8(3)7-12-10(16)13-11(4,6-2)9(14)15/h8H,5-7H2,1-4H3,(H,14,15)(H2,12,13,16). The fourth-order valence-corrected chi connectivity index (χ4v) is 0.999. The van der Waals surface area contributed by atoms with Crippen LogP contribution in [0.2, 0.25) is 0 Å². The largest absolute Gasteiger partial charge is 0.480 e. The predicted octanol–water partition coefficient (Wildman–Crippen LogP) is 1.58. The Bertz CT molecular complexity index is 256. The molecular formula is C11H22N2O3. The molecule has 3 N–H and O–H groups in total. The van der Waals surface area contributed by atoms with Crippen LogP contribution in [0, 0.1) is 5.92 Å². The molecule has 5 heteroatoms. The maximum absolute atomic E-state index is 11.5. The van der Waals surface area contributed by atoms with Crippen LogP contribution in [-0.4, -0.2) is 29.2 Å². The molecule has 0 heterocycles. The average molecular weight is 230 g/mol. The summed E-state index contributed by atoms with van der Waals surface area (Å²) in [4.78, 5) is 22.4. The molecule has 2 unspecified atom stereocenters. The van der Waals surface area contributed by atoms with E-state index in [1.54, 1.807) is 6.92 Å². The molecule has 0 aliphatic heterocycles. The number of carbonyl (C=O) groups is 2. The van der Waals surface area contributed by atoms with E-state index in [2.05, 4.69) is 10.6 Å². The molecule has 0 radical (unpaired) electrons. The fourth-order valence-electron chi connectivity index (χ4n) is 0.999. The van der Waals surface area contributed by atoms with Crippen LogP contribution in [0.3, 0.4) is 0 Å². The molecule has 0 rings (SSSR count). The number of carboxylic acid groups (broad SMARTS) is 1. The molecule has 0 aromatic heterocycles. The first kappa shape index (κ1) is 14.7. The molecule has 94 valence electrons. The Morgan fingerprint density at radius 3 is 2.31 bits per heavy atom. The van der Waals surface area contributed by atoms with Gasteiger partial charge in [0.05, 0.1) is 0 Å². The first-order valence-corrected chi connectivity index (χ1v) is 5.65. The second kappa shape index (κ2) is 6.35. The first-order valence-electron chi connectivity index (χ1n) is 5.65. The molecule has 0 saturated heterocycles. The lowest BCUT2D eigenvalue weighted by molar-refractivity contribution is -0.143. The molecule has 0 saturated carbocycles. The second-order valence-corrected chi connectivity index (χ2v) is 4.34. The minimum absolute atomic E-state index is 0.346. The highest BCUT2D eigenvalue weighted by Gasteiger charge is 2.32. The number of hydrogen-bond donors (Lipinski definition) is 3. The number of rotatable bonds is 6. The zero-order valence-corrected chi connectivity index (χ0v) is 10.5. The maximum Gasteiger partial charge on any atom is 0.329 e. The second-order valence-electron chi connectivity index (χ2n) is 4.34. The van der Waals surface area contributed by atoms with Crippen LogP contribution in [0.5, 0.6) is 0 Å². The maximum atomic E-state index is 11.5. The van der Waals surface area contributed by atoms with Gasteiger partial charge in [0.15, 0.2) is 0 Å². The molecule has 0 aromatic carbocycles. The van der Waals surface area contributed by atoms with Crippen molar-refractivity contribution in [2.24, 2.45) is 5.92 Å². The summed E-state index contributed by atoms with van der Waals surface area (Å²) < 4.78 is 0. The number of hydrogen-bond acceptors (Lipinski definition) is 2. The number of aliphatic carboxylic acids is 1. The lowest BCUT2D eigenvalue weighted by Gasteiger charge is -2.25. The van der Waals surface area contributed by atoms with Gasteiger partial charge in [0.25, 0.3) is 0 Å². The van der Waals surface area contributed by atoms with Crippen LogP contribution in [0.4, 0.5) is 4.79 Å². The average Bonchev–Trinajstić information content (AvgIpc) is 2.25. The normalized spacial score (nSPS) is 16.0. The smallest absolute Gasteiger partial charge is 0.329 e. The van der Waals surface area contributed by atoms with E-state index in [9.17, 15) is 9.59 Å². The van der Waals surface area contributed by atoms with Gasteiger partial charge in [-0.1, -0.05) is 27.2 Å². The van der Waals surface area contributed by atoms with E-state index < -0.39 is 17.5 Å². The van der Waals surface area contributed by atoms with Gasteiger partial charge in [0, 0.05) is 6.54 Å². The third kappa shape index (κ3) is 4.51. The summed E-state index contributed by atoms with van der Waals surface area (Å²) in [7, 11) is 0. The van der Waals surface area contributed by atoms with Gasteiger partial charge in [-0.05, 0) is 19.3 Å². The quantitative estimate of drug-likeness (QED) is 0.648. The summed E-state index contributed by atoms with van der Waals surface area (Å²) >= 11 is 0. The zero-order chi connectivity index (χ0) is 12.8. The third-order valence-electron chi connectivity index (χ3n) is 2.88. The van der Waals surface area contributed by atoms with E-state index in [0.717, 1.165) is 6.42 Å². The monoisotopic (exact) mass is 230 g/mol. The van der Waals surface area contributed by atoms with Crippen molar-refractivity contribution in [2.75, 3.05) is 6.54 Å². The summed E-state index contributed by atoms with van der Waals surface area (Å²) in [6.45, 7) is 7.84. The summed E-state index contributed by atoms with van der Waals surface area (Å²) in [6.07, 6.45) is 1.32. The molecule has 0 aliphatic carbocycles. The summed E-state index contributed by atoms with van der Waals surface area (Å²) in [5, 5.41) is 14.1. The number of urea groups is 1. The third-order valence-corrected chi connectivity index (χ3v) is 2.88. The van der Waals surface area contributed by atoms with Gasteiger partial charge in [0.1, 0.15) is 5.54 Å². The number of carboxylic acids is 1. The zero-order valence-electron chi connectivity index (χ0n) is 10.5. The Labute approximate surface area is 96.6 Å². The molecule has 16 heavy (non-hydrogen) atoms. The van der Waals surface area contributed by atoms with Gasteiger partial charge in [-0.2, -0.15) is 0 Å². The highest BCUT2D eigenvalue weighted by molar-refractivity contribution is 5.85. The topological polar surface area (TPSA) is 78.4 Å². The van der Waals surface area contributed by atoms with Gasteiger partial charge < -0.3 is 15.7 Å². The molecule has 2 amide bonds. The van der Waals surface area contributed by atoms with E-state index >= 15 is 0 Å². The van der Waals surface area contributed by atoms with Crippen LogP contribution >= 0.6 is 0 Å². The van der Waals surface area contributed by atoms with Gasteiger partial charge in [-0.3, -0.25) is 0 Å². The van der Waals surface area contributed by atoms with Crippen molar-refractivity contribution >= 4 is 12.0 Å². The molecular weight excluding hydrogens is 208 g/mol. The van der Waals surface area contributed by atoms with Crippen LogP contribution in [0.25, 0.3) is 0 Å². The van der Waals surface area contributed by atoms with E-state index in [-0.39, 0.29) is 0 Å². The van der Waals surface area contributed by atoms with Crippen LogP contribution in [0.15, 0.2) is 0 Å². The Morgan fingerprint density at radius 1 is 1.38 bits per heavy atom. The molecule has 0 fully saturated rings. The SMILES string of the molecule is CCC(C)CNC(=O)NC(C)(CC)C(=O)O. The Morgan fingerprint density at radius 2 is 1.94 bits per heavy atom. The molecule has 5 nitrogen and oxygen atoms in total. The molecule has 0 aromatic rings. The van der Waals surface area contributed by atoms with Crippen molar-refractivity contribution < 1.29 is 14.7 Å². The van der Waals surface area contributed by atoms with Crippen molar-refractivity contribution in [2.45, 2.75) is 46.1 Å². The van der Waals surface area contributed by atoms with Crippen molar-refractivity contribution in [3.05, 3.63) is 0 Å². The van der Waals surface area contributed by atoms with Crippen LogP contribution in [-0.2, 0) is 4.79 Å². The predicted molar refractivity (Wildman–Crippen MR) is 62.3 cm³/mol. The lowest BCUT2D eigenvalue weighted by atomic mass is 10.00. The summed E-state index contributed by atoms with van der Waals surface area (Å²) in [6, 6.07) is -0.424. The highest BCUT2D eigenvalue weighted by Crippen LogP contribution is 2.08. The number of amides is 2. The van der Waals surface area contributed by atoms with Gasteiger partial charge in [-0.25, -0.2) is 9.59 Å². The van der Waals surface area contributed by atoms with Crippen molar-refractivity contribution in [3.8, 4) is 0 Å². The lowest BCUT2D eigenvalue weighted by Crippen LogP contribution is -2.55. The molecule has 0 bridgehead atoms. The van der Waals surface area contributed by atoms with Gasteiger partial charge in [-0.15, -0.1) is 0 Å². The minimum atomic E-state index is -1.19. The molecule has 2 atom stereocenters. The first-order chi connectivity index (χ1) is 7.35. The number of nitrogens with one attached hydrogen (secondary N) is 2. The van der Waals surface area contributed by atoms with Gasteiger partial charge >= 0.3 is 12.0 Å². The molecule has 0 aliphatic rings. The van der Waals surface area contributed by atoms with Gasteiger partial charge in [0.2, 0.25) is 0 Å². The summed E-state index contributed by atoms with van der Waals surface area (Å²) in [5.41, 5.74) is -1.19. The molecule has 0 spiro atoms. The minimum Gasteiger partial charge on any atom is -0.480 e. The Hall–Kier alpha value is -1.26. The fraction of sp³-hybridized carbons (Fsp3) is 0.818. The Balaban J connectivity index is 4.17. The van der Waals surface area contributed by atoms with Crippen LogP contribution in [0.1, 0.15) is 40.5 Å². The van der Waals surface area contributed by atoms with Crippen LogP contribution < -0.4 is 10.6 Å². The summed E-state index contributed by atoms with van der Waals surface area (Å²) in [5.74, 6) is -0.628. The van der Waals surface area contributed by atoms with Crippen molar-refractivity contribution in [1.29, 1.82) is 0 Å². The Kier molecular flexibility index (Phi) is 5.85. The van der Waals surface area contributed by atoms with E-state index in [0.29, 0.717) is 18.9 Å². The number of carbonyl (C=O) groups excluding carboxylic acids is 1.